The van der Waals surface area contributed by atoms with E-state index < -0.39 is 12.0 Å². The number of hydrogen-bond acceptors (Lipinski definition) is 5. The fourth-order valence-corrected chi connectivity index (χ4v) is 3.35. The Morgan fingerprint density at radius 1 is 1.23 bits per heavy atom. The average Bonchev–Trinajstić information content (AvgIpc) is 3.10. The van der Waals surface area contributed by atoms with Crippen molar-refractivity contribution < 1.29 is 14.6 Å². The summed E-state index contributed by atoms with van der Waals surface area (Å²) >= 11 is 0. The molecule has 0 aliphatic carbocycles. The van der Waals surface area contributed by atoms with Crippen LogP contribution in [0.5, 0.6) is 0 Å². The number of aliphatic carboxylic acids is 1. The van der Waals surface area contributed by atoms with E-state index in [1.807, 2.05) is 0 Å². The average molecular weight is 359 g/mol. The van der Waals surface area contributed by atoms with Crippen molar-refractivity contribution in [2.75, 3.05) is 0 Å². The van der Waals surface area contributed by atoms with Crippen LogP contribution in [0, 0.1) is 6.92 Å². The molecular weight excluding hydrogens is 338 g/mol. The summed E-state index contributed by atoms with van der Waals surface area (Å²) in [7, 11) is 3.07. The smallest absolute Gasteiger partial charge is 0.330 e. The number of aromatic nitrogens is 2. The standard InChI is InChI=1S/C18H21N3O5/c1-9-15(16(22)21(3)18(25)20(9)2)11-5-4-10(6-14(19)17(23)24)12-7-26-8-13(11)12/h4-5,14H,6-8,19H2,1-3H3,(H,23,24)/t14-/m0/s1. The van der Waals surface area contributed by atoms with Gasteiger partial charge in [-0.15, -0.1) is 0 Å². The Balaban J connectivity index is 2.21. The van der Waals surface area contributed by atoms with Gasteiger partial charge in [-0.25, -0.2) is 4.79 Å². The first-order valence-corrected chi connectivity index (χ1v) is 8.20. The minimum atomic E-state index is -1.07. The zero-order valence-electron chi connectivity index (χ0n) is 14.9. The van der Waals surface area contributed by atoms with Crippen molar-refractivity contribution in [3.05, 3.63) is 55.4 Å². The number of benzene rings is 1. The fraction of sp³-hybridized carbons (Fsp3) is 0.389. The highest BCUT2D eigenvalue weighted by molar-refractivity contribution is 5.75. The number of nitrogens with two attached hydrogens (primary N) is 1. The molecule has 1 aliphatic rings. The second-order valence-electron chi connectivity index (χ2n) is 6.54. The van der Waals surface area contributed by atoms with Crippen molar-refractivity contribution >= 4 is 5.97 Å². The van der Waals surface area contributed by atoms with Crippen molar-refractivity contribution in [2.24, 2.45) is 19.8 Å². The van der Waals surface area contributed by atoms with Gasteiger partial charge in [-0.05, 0) is 35.6 Å². The molecular formula is C18H21N3O5. The van der Waals surface area contributed by atoms with Gasteiger partial charge in [0.2, 0.25) is 0 Å². The Labute approximate surface area is 149 Å². The Bertz CT molecular complexity index is 1020. The van der Waals surface area contributed by atoms with E-state index in [2.05, 4.69) is 0 Å². The largest absolute Gasteiger partial charge is 0.480 e. The third-order valence-corrected chi connectivity index (χ3v) is 5.00. The molecule has 0 saturated carbocycles. The second kappa shape index (κ2) is 6.54. The van der Waals surface area contributed by atoms with Crippen LogP contribution in [0.4, 0.5) is 0 Å². The second-order valence-corrected chi connectivity index (χ2v) is 6.54. The summed E-state index contributed by atoms with van der Waals surface area (Å²) in [6.07, 6.45) is 0.186. The van der Waals surface area contributed by atoms with Crippen LogP contribution in [0.25, 0.3) is 11.1 Å². The summed E-state index contributed by atoms with van der Waals surface area (Å²) < 4.78 is 8.08. The van der Waals surface area contributed by atoms with E-state index in [9.17, 15) is 14.4 Å². The predicted molar refractivity (Wildman–Crippen MR) is 94.9 cm³/mol. The van der Waals surface area contributed by atoms with Crippen molar-refractivity contribution in [3.8, 4) is 11.1 Å². The number of fused-ring (bicyclic) bond motifs is 1. The quantitative estimate of drug-likeness (QED) is 0.796. The van der Waals surface area contributed by atoms with Crippen molar-refractivity contribution in [3.63, 3.8) is 0 Å². The first-order chi connectivity index (χ1) is 12.2. The molecule has 1 aromatic carbocycles. The van der Waals surface area contributed by atoms with Crippen molar-refractivity contribution in [1.29, 1.82) is 0 Å². The van der Waals surface area contributed by atoms with E-state index in [-0.39, 0.29) is 17.7 Å². The van der Waals surface area contributed by atoms with Gasteiger partial charge in [0.25, 0.3) is 5.56 Å². The first-order valence-electron chi connectivity index (χ1n) is 8.20. The summed E-state index contributed by atoms with van der Waals surface area (Å²) in [6.45, 7) is 2.40. The Morgan fingerprint density at radius 2 is 1.88 bits per heavy atom. The van der Waals surface area contributed by atoms with Gasteiger partial charge in [-0.1, -0.05) is 12.1 Å². The molecule has 3 N–H and O–H groups in total. The number of carboxylic acids is 1. The molecule has 1 atom stereocenters. The molecule has 0 fully saturated rings. The number of carbonyl (C=O) groups is 1. The summed E-state index contributed by atoms with van der Waals surface area (Å²) in [6, 6.07) is 2.57. The molecule has 0 bridgehead atoms. The number of ether oxygens (including phenoxy) is 1. The van der Waals surface area contributed by atoms with Gasteiger partial charge in [0.15, 0.2) is 0 Å². The molecule has 8 heteroatoms. The highest BCUT2D eigenvalue weighted by Gasteiger charge is 2.25. The van der Waals surface area contributed by atoms with Crippen LogP contribution in [0.15, 0.2) is 21.7 Å². The van der Waals surface area contributed by atoms with Gasteiger partial charge < -0.3 is 20.1 Å². The Morgan fingerprint density at radius 3 is 2.54 bits per heavy atom. The normalized spacial score (nSPS) is 14.3. The van der Waals surface area contributed by atoms with E-state index in [1.54, 1.807) is 26.1 Å². The third kappa shape index (κ3) is 2.77. The molecule has 8 nitrogen and oxygen atoms in total. The van der Waals surface area contributed by atoms with Gasteiger partial charge in [0, 0.05) is 19.8 Å². The van der Waals surface area contributed by atoms with E-state index in [0.29, 0.717) is 30.0 Å². The number of hydrogen-bond donors (Lipinski definition) is 2. The molecule has 3 rings (SSSR count). The predicted octanol–water partition coefficient (Wildman–Crippen LogP) is 0.0440. The minimum absolute atomic E-state index is 0.186. The third-order valence-electron chi connectivity index (χ3n) is 5.00. The number of nitrogens with zero attached hydrogens (tertiary/aromatic N) is 2. The minimum Gasteiger partial charge on any atom is -0.480 e. The van der Waals surface area contributed by atoms with Crippen LogP contribution < -0.4 is 17.0 Å². The Hall–Kier alpha value is -2.71. The SMILES string of the molecule is Cc1c(-c2ccc(C[C@H](N)C(=O)O)c3c2COC3)c(=O)n(C)c(=O)n1C. The lowest BCUT2D eigenvalue weighted by atomic mass is 9.91. The van der Waals surface area contributed by atoms with Crippen LogP contribution in [0.2, 0.25) is 0 Å². The number of carboxylic acid groups (broad SMARTS) is 1. The highest BCUT2D eigenvalue weighted by Crippen LogP contribution is 2.33. The molecule has 2 heterocycles. The maximum Gasteiger partial charge on any atom is 0.330 e. The molecule has 1 aromatic heterocycles. The summed E-state index contributed by atoms with van der Waals surface area (Å²) in [4.78, 5) is 35.9. The van der Waals surface area contributed by atoms with Crippen LogP contribution in [-0.4, -0.2) is 26.3 Å². The molecule has 0 unspecified atom stereocenters. The van der Waals surface area contributed by atoms with Gasteiger partial charge in [0.05, 0.1) is 18.8 Å². The zero-order valence-corrected chi connectivity index (χ0v) is 14.9. The van der Waals surface area contributed by atoms with E-state index in [1.165, 1.54) is 11.6 Å². The van der Waals surface area contributed by atoms with Gasteiger partial charge in [-0.3, -0.25) is 14.2 Å². The van der Waals surface area contributed by atoms with Gasteiger partial charge in [0.1, 0.15) is 6.04 Å². The topological polar surface area (TPSA) is 117 Å². The molecule has 0 spiro atoms. The van der Waals surface area contributed by atoms with E-state index in [4.69, 9.17) is 15.6 Å². The summed E-state index contributed by atoms with van der Waals surface area (Å²) in [5.74, 6) is -1.07. The van der Waals surface area contributed by atoms with Crippen molar-refractivity contribution in [2.45, 2.75) is 32.6 Å². The lowest BCUT2D eigenvalue weighted by Crippen LogP contribution is -2.39. The molecule has 138 valence electrons. The van der Waals surface area contributed by atoms with Crippen LogP contribution in [-0.2, 0) is 43.3 Å². The summed E-state index contributed by atoms with van der Waals surface area (Å²) in [5, 5.41) is 9.05. The Kier molecular flexibility index (Phi) is 4.55. The zero-order chi connectivity index (χ0) is 19.2. The number of rotatable bonds is 4. The molecule has 26 heavy (non-hydrogen) atoms. The molecule has 1 aliphatic heterocycles. The van der Waals surface area contributed by atoms with Crippen molar-refractivity contribution in [1.82, 2.24) is 9.13 Å². The molecule has 0 saturated heterocycles. The summed E-state index contributed by atoms with van der Waals surface area (Å²) in [5.41, 5.74) is 9.16. The molecule has 0 radical (unpaired) electrons. The maximum atomic E-state index is 12.7. The van der Waals surface area contributed by atoms with Crippen LogP contribution in [0.1, 0.15) is 22.4 Å². The lowest BCUT2D eigenvalue weighted by molar-refractivity contribution is -0.138. The van der Waals surface area contributed by atoms with E-state index >= 15 is 0 Å². The highest BCUT2D eigenvalue weighted by atomic mass is 16.5. The molecule has 0 amide bonds. The first kappa shape index (κ1) is 18.1. The van der Waals surface area contributed by atoms with Crippen LogP contribution in [0.3, 0.4) is 0 Å². The van der Waals surface area contributed by atoms with Gasteiger partial charge >= 0.3 is 11.7 Å². The fourth-order valence-electron chi connectivity index (χ4n) is 3.35. The lowest BCUT2D eigenvalue weighted by Gasteiger charge is -2.17. The van der Waals surface area contributed by atoms with Gasteiger partial charge in [-0.2, -0.15) is 0 Å². The maximum absolute atomic E-state index is 12.7. The monoisotopic (exact) mass is 359 g/mol. The van der Waals surface area contributed by atoms with Crippen LogP contribution >= 0.6 is 0 Å². The van der Waals surface area contributed by atoms with E-state index in [0.717, 1.165) is 21.3 Å². The molecule has 2 aromatic rings.